The van der Waals surface area contributed by atoms with Crippen LogP contribution in [0.2, 0.25) is 0 Å². The van der Waals surface area contributed by atoms with E-state index in [0.29, 0.717) is 13.1 Å². The number of hydrogen-bond acceptors (Lipinski definition) is 3. The van der Waals surface area contributed by atoms with E-state index >= 15 is 0 Å². The molecule has 0 aliphatic rings. The van der Waals surface area contributed by atoms with Crippen molar-refractivity contribution in [3.8, 4) is 6.01 Å². The molecule has 0 fully saturated rings. The van der Waals surface area contributed by atoms with Crippen molar-refractivity contribution in [3.63, 3.8) is 0 Å². The summed E-state index contributed by atoms with van der Waals surface area (Å²) in [7, 11) is 0. The Hall–Kier alpha value is -1.13. The zero-order chi connectivity index (χ0) is 8.97. The van der Waals surface area contributed by atoms with Crippen molar-refractivity contribution >= 4 is 0 Å². The van der Waals surface area contributed by atoms with Crippen LogP contribution in [-0.4, -0.2) is 15.1 Å². The van der Waals surface area contributed by atoms with Gasteiger partial charge in [-0.25, -0.2) is 0 Å². The first kappa shape index (κ1) is 8.96. The van der Waals surface area contributed by atoms with Gasteiger partial charge in [0.05, 0.1) is 16.9 Å². The smallest absolute Gasteiger partial charge is 0.266 e. The minimum Gasteiger partial charge on any atom is -0.816 e. The lowest BCUT2D eigenvalue weighted by Crippen LogP contribution is -2.39. The van der Waals surface area contributed by atoms with Crippen molar-refractivity contribution in [2.24, 2.45) is 0 Å². The molecule has 1 aromatic heterocycles. The second-order valence-corrected chi connectivity index (χ2v) is 2.64. The number of unbranched alkanes of at least 4 members (excludes halogenated alkanes) is 1. The van der Waals surface area contributed by atoms with E-state index in [-0.39, 0.29) is 6.01 Å². The van der Waals surface area contributed by atoms with Crippen LogP contribution in [0.4, 0.5) is 0 Å². The maximum absolute atomic E-state index is 11.1. The van der Waals surface area contributed by atoms with E-state index in [0.717, 1.165) is 12.8 Å². The first-order valence-electron chi connectivity index (χ1n) is 4.30. The molecule has 68 valence electrons. The Morgan fingerprint density at radius 2 is 2.25 bits per heavy atom. The molecule has 0 saturated carbocycles. The van der Waals surface area contributed by atoms with Gasteiger partial charge in [0, 0.05) is 0 Å². The fourth-order valence-corrected chi connectivity index (χ4v) is 0.915. The van der Waals surface area contributed by atoms with Crippen molar-refractivity contribution in [2.45, 2.75) is 39.8 Å². The van der Waals surface area contributed by atoms with Gasteiger partial charge in [-0.2, -0.15) is 0 Å². The largest absolute Gasteiger partial charge is 0.816 e. The molecule has 0 spiro atoms. The molecule has 0 radical (unpaired) electrons. The van der Waals surface area contributed by atoms with Crippen LogP contribution in [0.1, 0.15) is 26.7 Å². The molecular weight excluding hydrogens is 156 g/mol. The van der Waals surface area contributed by atoms with Crippen LogP contribution < -0.4 is 9.79 Å². The molecule has 0 aliphatic heterocycles. The van der Waals surface area contributed by atoms with Gasteiger partial charge in [0.25, 0.3) is 6.01 Å². The Morgan fingerprint density at radius 1 is 1.50 bits per heavy atom. The molecule has 5 nitrogen and oxygen atoms in total. The number of nitrogens with zero attached hydrogens (tertiary/aromatic N) is 4. The zero-order valence-corrected chi connectivity index (χ0v) is 7.53. The molecule has 0 N–H and O–H groups in total. The quantitative estimate of drug-likeness (QED) is 0.570. The summed E-state index contributed by atoms with van der Waals surface area (Å²) in [5.41, 5.74) is 0. The zero-order valence-electron chi connectivity index (χ0n) is 7.53. The highest BCUT2D eigenvalue weighted by Crippen LogP contribution is 1.90. The SMILES string of the molecule is CCCC[n+]1nn(CC)nc1[O-]. The maximum atomic E-state index is 11.1. The second-order valence-electron chi connectivity index (χ2n) is 2.64. The lowest BCUT2D eigenvalue weighted by atomic mass is 10.3. The summed E-state index contributed by atoms with van der Waals surface area (Å²) in [5.74, 6) is 0. The van der Waals surface area contributed by atoms with E-state index in [1.54, 1.807) is 0 Å². The minimum absolute atomic E-state index is 0.245. The van der Waals surface area contributed by atoms with Gasteiger partial charge < -0.3 is 5.11 Å². The lowest BCUT2D eigenvalue weighted by Gasteiger charge is -1.96. The number of rotatable bonds is 4. The van der Waals surface area contributed by atoms with E-state index in [4.69, 9.17) is 0 Å². The molecule has 0 bridgehead atoms. The summed E-state index contributed by atoms with van der Waals surface area (Å²) >= 11 is 0. The molecule has 1 heterocycles. The molecule has 0 atom stereocenters. The van der Waals surface area contributed by atoms with Crippen LogP contribution in [0, 0.1) is 0 Å². The van der Waals surface area contributed by atoms with Gasteiger partial charge in [-0.05, 0) is 18.1 Å². The third-order valence-corrected chi connectivity index (χ3v) is 1.64. The minimum atomic E-state index is -0.245. The molecule has 0 aromatic carbocycles. The average Bonchev–Trinajstić information content (AvgIpc) is 2.43. The average molecular weight is 170 g/mol. The standard InChI is InChI=1S/C7H14N4O/c1-3-5-6-10-7(12)8-11(4-2)9-10/h3-6H2,1-2H3. The van der Waals surface area contributed by atoms with Crippen molar-refractivity contribution in [1.82, 2.24) is 15.1 Å². The van der Waals surface area contributed by atoms with Gasteiger partial charge in [0.15, 0.2) is 0 Å². The molecule has 12 heavy (non-hydrogen) atoms. The highest BCUT2D eigenvalue weighted by molar-refractivity contribution is 4.62. The molecule has 5 heteroatoms. The Labute approximate surface area is 71.6 Å². The van der Waals surface area contributed by atoms with Gasteiger partial charge in [0.1, 0.15) is 6.54 Å². The number of aryl methyl sites for hydroxylation is 2. The van der Waals surface area contributed by atoms with Crippen molar-refractivity contribution in [3.05, 3.63) is 0 Å². The van der Waals surface area contributed by atoms with Crippen LogP contribution in [0.25, 0.3) is 0 Å². The van der Waals surface area contributed by atoms with Crippen LogP contribution in [0.3, 0.4) is 0 Å². The molecule has 1 rings (SSSR count). The maximum Gasteiger partial charge on any atom is 0.266 e. The van der Waals surface area contributed by atoms with Crippen molar-refractivity contribution in [2.75, 3.05) is 0 Å². The Balaban J connectivity index is 2.64. The highest BCUT2D eigenvalue weighted by Gasteiger charge is 2.07. The Morgan fingerprint density at radius 3 is 2.75 bits per heavy atom. The summed E-state index contributed by atoms with van der Waals surface area (Å²) < 4.78 is 1.41. The highest BCUT2D eigenvalue weighted by atomic mass is 16.3. The third-order valence-electron chi connectivity index (χ3n) is 1.64. The molecular formula is C7H14N4O. The first-order valence-corrected chi connectivity index (χ1v) is 4.30. The first-order chi connectivity index (χ1) is 5.77. The molecule has 0 saturated heterocycles. The molecule has 0 unspecified atom stereocenters. The van der Waals surface area contributed by atoms with Gasteiger partial charge in [-0.15, -0.1) is 4.68 Å². The molecule has 0 aliphatic carbocycles. The topological polar surface area (TPSA) is 57.7 Å². The van der Waals surface area contributed by atoms with E-state index in [1.807, 2.05) is 6.92 Å². The van der Waals surface area contributed by atoms with E-state index < -0.39 is 0 Å². The van der Waals surface area contributed by atoms with Crippen LogP contribution >= 0.6 is 0 Å². The predicted molar refractivity (Wildman–Crippen MR) is 40.2 cm³/mol. The van der Waals surface area contributed by atoms with Crippen LogP contribution in [0.15, 0.2) is 0 Å². The normalized spacial score (nSPS) is 10.5. The Bertz CT molecular complexity index is 246. The third kappa shape index (κ3) is 1.93. The number of aromatic nitrogens is 4. The van der Waals surface area contributed by atoms with Crippen LogP contribution in [0.5, 0.6) is 6.01 Å². The van der Waals surface area contributed by atoms with Crippen LogP contribution in [-0.2, 0) is 13.1 Å². The summed E-state index contributed by atoms with van der Waals surface area (Å²) in [4.78, 5) is 1.41. The summed E-state index contributed by atoms with van der Waals surface area (Å²) in [6.07, 6.45) is 2.04. The lowest BCUT2D eigenvalue weighted by molar-refractivity contribution is -0.787. The Kier molecular flexibility index (Phi) is 3.01. The molecule has 1 aromatic rings. The van der Waals surface area contributed by atoms with Crippen molar-refractivity contribution < 1.29 is 9.79 Å². The summed E-state index contributed by atoms with van der Waals surface area (Å²) in [5, 5.41) is 18.7. The van der Waals surface area contributed by atoms with Crippen molar-refractivity contribution in [1.29, 1.82) is 0 Å². The van der Waals surface area contributed by atoms with Gasteiger partial charge in [0.2, 0.25) is 0 Å². The van der Waals surface area contributed by atoms with E-state index in [1.165, 1.54) is 9.48 Å². The van der Waals surface area contributed by atoms with Gasteiger partial charge in [-0.3, -0.25) is 0 Å². The van der Waals surface area contributed by atoms with Gasteiger partial charge >= 0.3 is 0 Å². The second kappa shape index (κ2) is 4.04. The fourth-order valence-electron chi connectivity index (χ4n) is 0.915. The predicted octanol–water partition coefficient (Wildman–Crippen LogP) is -0.541. The monoisotopic (exact) mass is 170 g/mol. The number of hydrogen-bond donors (Lipinski definition) is 0. The molecule has 0 amide bonds. The fraction of sp³-hybridized carbons (Fsp3) is 0.857. The van der Waals surface area contributed by atoms with Gasteiger partial charge in [-0.1, -0.05) is 13.3 Å². The summed E-state index contributed by atoms with van der Waals surface area (Å²) in [6.45, 7) is 5.31. The van der Waals surface area contributed by atoms with E-state index in [9.17, 15) is 5.11 Å². The summed E-state index contributed by atoms with van der Waals surface area (Å²) in [6, 6.07) is -0.245. The number of tetrazole rings is 1. The van der Waals surface area contributed by atoms with E-state index in [2.05, 4.69) is 17.2 Å².